The Hall–Kier alpha value is -1.26. The van der Waals surface area contributed by atoms with Crippen molar-refractivity contribution in [2.45, 2.75) is 26.0 Å². The van der Waals surface area contributed by atoms with E-state index in [0.29, 0.717) is 18.7 Å². The lowest BCUT2D eigenvalue weighted by molar-refractivity contribution is -0.0460. The Labute approximate surface area is 107 Å². The van der Waals surface area contributed by atoms with E-state index in [4.69, 9.17) is 4.74 Å². The van der Waals surface area contributed by atoms with Crippen molar-refractivity contribution < 1.29 is 13.9 Å². The van der Waals surface area contributed by atoms with Gasteiger partial charge < -0.3 is 4.74 Å². The minimum Gasteiger partial charge on any atom is -0.376 e. The molecule has 1 aliphatic heterocycles. The summed E-state index contributed by atoms with van der Waals surface area (Å²) in [5, 5.41) is 0. The van der Waals surface area contributed by atoms with Gasteiger partial charge in [-0.2, -0.15) is 0 Å². The summed E-state index contributed by atoms with van der Waals surface area (Å²) in [5.74, 6) is -0.417. The van der Waals surface area contributed by atoms with Gasteiger partial charge in [-0.1, -0.05) is 12.1 Å². The first kappa shape index (κ1) is 13.2. The largest absolute Gasteiger partial charge is 0.376 e. The molecule has 1 aromatic rings. The highest BCUT2D eigenvalue weighted by atomic mass is 19.1. The number of halogens is 1. The van der Waals surface area contributed by atoms with E-state index in [2.05, 4.69) is 4.90 Å². The lowest BCUT2D eigenvalue weighted by atomic mass is 10.1. The molecule has 0 aromatic heterocycles. The molecule has 0 aliphatic carbocycles. The Morgan fingerprint density at radius 2 is 2.28 bits per heavy atom. The smallest absolute Gasteiger partial charge is 0.176 e. The molecule has 0 N–H and O–H groups in total. The summed E-state index contributed by atoms with van der Waals surface area (Å²) < 4.78 is 18.6. The number of carbonyl (C=O) groups is 1. The second-order valence-corrected chi connectivity index (χ2v) is 4.86. The highest BCUT2D eigenvalue weighted by Gasteiger charge is 2.25. The van der Waals surface area contributed by atoms with Crippen molar-refractivity contribution in [3.8, 4) is 0 Å². The average Bonchev–Trinajstić information content (AvgIpc) is 2.34. The second kappa shape index (κ2) is 5.59. The summed E-state index contributed by atoms with van der Waals surface area (Å²) in [6, 6.07) is 6.07. The number of rotatable bonds is 3. The van der Waals surface area contributed by atoms with E-state index in [1.807, 2.05) is 13.8 Å². The maximum atomic E-state index is 13.1. The molecule has 0 radical (unpaired) electrons. The van der Waals surface area contributed by atoms with Gasteiger partial charge in [0.1, 0.15) is 5.82 Å². The molecule has 1 heterocycles. The monoisotopic (exact) mass is 251 g/mol. The van der Waals surface area contributed by atoms with Crippen LogP contribution in [0, 0.1) is 5.82 Å². The molecule has 4 heteroatoms. The van der Waals surface area contributed by atoms with Crippen LogP contribution in [0.15, 0.2) is 24.3 Å². The SMILES string of the molecule is CC1CN(CC(=O)c2cccc(F)c2)C(C)CO1. The lowest BCUT2D eigenvalue weighted by Gasteiger charge is -2.36. The molecule has 1 aliphatic rings. The van der Waals surface area contributed by atoms with E-state index in [0.717, 1.165) is 6.54 Å². The molecule has 0 saturated carbocycles. The van der Waals surface area contributed by atoms with Gasteiger partial charge in [-0.05, 0) is 26.0 Å². The van der Waals surface area contributed by atoms with Gasteiger partial charge >= 0.3 is 0 Å². The zero-order valence-corrected chi connectivity index (χ0v) is 10.7. The number of Topliss-reactive ketones (excluding diaryl/α,β-unsaturated/α-hetero) is 1. The Morgan fingerprint density at radius 3 is 3.00 bits per heavy atom. The molecule has 98 valence electrons. The van der Waals surface area contributed by atoms with Crippen molar-refractivity contribution in [2.24, 2.45) is 0 Å². The van der Waals surface area contributed by atoms with Gasteiger partial charge in [-0.15, -0.1) is 0 Å². The van der Waals surface area contributed by atoms with Crippen molar-refractivity contribution in [1.82, 2.24) is 4.90 Å². The fraction of sp³-hybridized carbons (Fsp3) is 0.500. The molecular weight excluding hydrogens is 233 g/mol. The molecular formula is C14H18FNO2. The van der Waals surface area contributed by atoms with Crippen LogP contribution in [0.4, 0.5) is 4.39 Å². The van der Waals surface area contributed by atoms with E-state index >= 15 is 0 Å². The van der Waals surface area contributed by atoms with Gasteiger partial charge in [0.2, 0.25) is 0 Å². The van der Waals surface area contributed by atoms with Crippen LogP contribution in [-0.2, 0) is 4.74 Å². The summed E-state index contributed by atoms with van der Waals surface area (Å²) in [6.45, 7) is 5.72. The van der Waals surface area contributed by atoms with Gasteiger partial charge in [0, 0.05) is 18.2 Å². The predicted molar refractivity (Wildman–Crippen MR) is 67.2 cm³/mol. The van der Waals surface area contributed by atoms with Gasteiger partial charge in [0.05, 0.1) is 19.3 Å². The molecule has 3 nitrogen and oxygen atoms in total. The molecule has 18 heavy (non-hydrogen) atoms. The quantitative estimate of drug-likeness (QED) is 0.771. The van der Waals surface area contributed by atoms with Gasteiger partial charge in [-0.25, -0.2) is 4.39 Å². The summed E-state index contributed by atoms with van der Waals surface area (Å²) in [7, 11) is 0. The fourth-order valence-corrected chi connectivity index (χ4v) is 2.13. The Kier molecular flexibility index (Phi) is 4.09. The summed E-state index contributed by atoms with van der Waals surface area (Å²) in [6.07, 6.45) is 0.140. The predicted octanol–water partition coefficient (Wildman–Crippen LogP) is 2.12. The van der Waals surface area contributed by atoms with Crippen molar-refractivity contribution in [3.63, 3.8) is 0 Å². The minimum atomic E-state index is -0.371. The van der Waals surface area contributed by atoms with Gasteiger partial charge in [0.15, 0.2) is 5.78 Å². The van der Waals surface area contributed by atoms with E-state index in [9.17, 15) is 9.18 Å². The molecule has 2 atom stereocenters. The fourth-order valence-electron chi connectivity index (χ4n) is 2.13. The molecule has 2 rings (SSSR count). The number of ether oxygens (including phenoxy) is 1. The number of morpholine rings is 1. The Bertz CT molecular complexity index is 436. The van der Waals surface area contributed by atoms with Crippen LogP contribution >= 0.6 is 0 Å². The Morgan fingerprint density at radius 1 is 1.50 bits per heavy atom. The summed E-state index contributed by atoms with van der Waals surface area (Å²) >= 11 is 0. The van der Waals surface area contributed by atoms with Crippen molar-refractivity contribution >= 4 is 5.78 Å². The number of carbonyl (C=O) groups excluding carboxylic acids is 1. The number of nitrogens with zero attached hydrogens (tertiary/aromatic N) is 1. The van der Waals surface area contributed by atoms with Crippen LogP contribution in [0.2, 0.25) is 0 Å². The first-order valence-electron chi connectivity index (χ1n) is 6.20. The molecule has 1 aromatic carbocycles. The summed E-state index contributed by atoms with van der Waals surface area (Å²) in [5.41, 5.74) is 0.432. The number of benzene rings is 1. The van der Waals surface area contributed by atoms with Crippen LogP contribution in [0.5, 0.6) is 0 Å². The van der Waals surface area contributed by atoms with Crippen molar-refractivity contribution in [3.05, 3.63) is 35.6 Å². The second-order valence-electron chi connectivity index (χ2n) is 4.86. The van der Waals surface area contributed by atoms with Gasteiger partial charge in [-0.3, -0.25) is 9.69 Å². The van der Waals surface area contributed by atoms with E-state index in [1.165, 1.54) is 12.1 Å². The average molecular weight is 251 g/mol. The zero-order chi connectivity index (χ0) is 13.1. The van der Waals surface area contributed by atoms with Crippen molar-refractivity contribution in [1.29, 1.82) is 0 Å². The topological polar surface area (TPSA) is 29.5 Å². The highest BCUT2D eigenvalue weighted by Crippen LogP contribution is 2.13. The van der Waals surface area contributed by atoms with E-state index < -0.39 is 0 Å². The van der Waals surface area contributed by atoms with Crippen LogP contribution < -0.4 is 0 Å². The maximum Gasteiger partial charge on any atom is 0.176 e. The van der Waals surface area contributed by atoms with Crippen LogP contribution in [-0.4, -0.2) is 42.5 Å². The molecule has 2 unspecified atom stereocenters. The zero-order valence-electron chi connectivity index (χ0n) is 10.7. The van der Waals surface area contributed by atoms with Crippen molar-refractivity contribution in [2.75, 3.05) is 19.7 Å². The van der Waals surface area contributed by atoms with Crippen LogP contribution in [0.3, 0.4) is 0 Å². The molecule has 0 bridgehead atoms. The highest BCUT2D eigenvalue weighted by molar-refractivity contribution is 5.97. The third-order valence-electron chi connectivity index (χ3n) is 3.23. The third-order valence-corrected chi connectivity index (χ3v) is 3.23. The number of hydrogen-bond acceptors (Lipinski definition) is 3. The molecule has 1 fully saturated rings. The number of ketones is 1. The minimum absolute atomic E-state index is 0.0459. The third kappa shape index (κ3) is 3.15. The number of hydrogen-bond donors (Lipinski definition) is 0. The van der Waals surface area contributed by atoms with Crippen LogP contribution in [0.25, 0.3) is 0 Å². The molecule has 0 spiro atoms. The van der Waals surface area contributed by atoms with Crippen LogP contribution in [0.1, 0.15) is 24.2 Å². The van der Waals surface area contributed by atoms with E-state index in [-0.39, 0.29) is 23.7 Å². The lowest BCUT2D eigenvalue weighted by Crippen LogP contribution is -2.49. The van der Waals surface area contributed by atoms with Gasteiger partial charge in [0.25, 0.3) is 0 Å². The molecule has 0 amide bonds. The first-order valence-corrected chi connectivity index (χ1v) is 6.20. The van der Waals surface area contributed by atoms with E-state index in [1.54, 1.807) is 12.1 Å². The Balaban J connectivity index is 2.02. The first-order chi connectivity index (χ1) is 8.56. The normalized spacial score (nSPS) is 25.1. The molecule has 1 saturated heterocycles. The standard InChI is InChI=1S/C14H18FNO2/c1-10-9-18-11(2)7-16(10)8-14(17)12-4-3-5-13(15)6-12/h3-6,10-11H,7-9H2,1-2H3. The maximum absolute atomic E-state index is 13.1. The summed E-state index contributed by atoms with van der Waals surface area (Å²) in [4.78, 5) is 14.2.